The number of ether oxygens (including phenoxy) is 1. The first-order chi connectivity index (χ1) is 15.6. The first kappa shape index (κ1) is 25.0. The number of aliphatic hydroxyl groups excluding tert-OH is 2. The van der Waals surface area contributed by atoms with Crippen LogP contribution in [0.1, 0.15) is 107 Å². The fraction of sp³-hybridized carbons (Fsp3) is 0.900. The van der Waals surface area contributed by atoms with Crippen molar-refractivity contribution in [1.82, 2.24) is 0 Å². The SMILES string of the molecule is C[C@@H](C[C@@H](O)[C@@H]1OC1(C)C)[C@@H]1CC[C@]2(C)C3=C(CC[C@@]12C)[C@@]1(C)CCC(=O)C(C)(C)[C@@H]1C[C@H]3O. The normalized spacial score (nSPS) is 48.6. The number of aliphatic hydroxyl groups is 2. The van der Waals surface area contributed by atoms with Gasteiger partial charge in [0.2, 0.25) is 0 Å². The molecular formula is C30H48O4. The molecule has 4 aliphatic carbocycles. The maximum Gasteiger partial charge on any atom is 0.138 e. The van der Waals surface area contributed by atoms with Crippen molar-refractivity contribution in [3.8, 4) is 0 Å². The third-order valence-corrected chi connectivity index (χ3v) is 12.3. The van der Waals surface area contributed by atoms with Gasteiger partial charge < -0.3 is 14.9 Å². The number of hydrogen-bond donors (Lipinski definition) is 2. The fourth-order valence-electron chi connectivity index (χ4n) is 9.91. The second-order valence-corrected chi connectivity index (χ2v) is 14.6. The molecule has 4 nitrogen and oxygen atoms in total. The molecule has 9 atom stereocenters. The van der Waals surface area contributed by atoms with Gasteiger partial charge in [0.05, 0.1) is 17.8 Å². The Morgan fingerprint density at radius 3 is 2.29 bits per heavy atom. The summed E-state index contributed by atoms with van der Waals surface area (Å²) in [5, 5.41) is 22.5. The van der Waals surface area contributed by atoms with E-state index in [1.54, 1.807) is 0 Å². The summed E-state index contributed by atoms with van der Waals surface area (Å²) in [4.78, 5) is 12.8. The Kier molecular flexibility index (Phi) is 5.44. The summed E-state index contributed by atoms with van der Waals surface area (Å²) >= 11 is 0. The molecule has 2 saturated carbocycles. The van der Waals surface area contributed by atoms with E-state index in [-0.39, 0.29) is 39.3 Å². The molecule has 4 heteroatoms. The Morgan fingerprint density at radius 1 is 1.03 bits per heavy atom. The molecule has 0 unspecified atom stereocenters. The zero-order chi connectivity index (χ0) is 25.1. The van der Waals surface area contributed by atoms with Crippen molar-refractivity contribution < 1.29 is 19.7 Å². The van der Waals surface area contributed by atoms with Crippen molar-refractivity contribution in [3.63, 3.8) is 0 Å². The lowest BCUT2D eigenvalue weighted by Gasteiger charge is -2.61. The number of fused-ring (bicyclic) bond motifs is 4. The van der Waals surface area contributed by atoms with E-state index in [1.807, 2.05) is 0 Å². The molecule has 1 heterocycles. The molecule has 34 heavy (non-hydrogen) atoms. The molecule has 0 aromatic carbocycles. The molecule has 3 fully saturated rings. The molecule has 1 saturated heterocycles. The van der Waals surface area contributed by atoms with Crippen LogP contribution in [0.5, 0.6) is 0 Å². The van der Waals surface area contributed by atoms with Crippen LogP contribution in [0.2, 0.25) is 0 Å². The van der Waals surface area contributed by atoms with E-state index in [4.69, 9.17) is 4.74 Å². The van der Waals surface area contributed by atoms with E-state index in [0.29, 0.717) is 30.5 Å². The number of carbonyl (C=O) groups is 1. The molecule has 192 valence electrons. The summed E-state index contributed by atoms with van der Waals surface area (Å²) in [5.74, 6) is 1.54. The van der Waals surface area contributed by atoms with Crippen molar-refractivity contribution >= 4 is 5.78 Å². The molecular weight excluding hydrogens is 424 g/mol. The summed E-state index contributed by atoms with van der Waals surface area (Å²) in [7, 11) is 0. The minimum absolute atomic E-state index is 0.0151. The van der Waals surface area contributed by atoms with Crippen molar-refractivity contribution in [2.45, 2.75) is 131 Å². The van der Waals surface area contributed by atoms with Gasteiger partial charge in [-0.2, -0.15) is 0 Å². The lowest BCUT2D eigenvalue weighted by Crippen LogP contribution is -2.57. The molecule has 0 aromatic heterocycles. The first-order valence-corrected chi connectivity index (χ1v) is 13.9. The predicted octanol–water partition coefficient (Wildman–Crippen LogP) is 5.84. The van der Waals surface area contributed by atoms with Gasteiger partial charge in [0.15, 0.2) is 0 Å². The van der Waals surface area contributed by atoms with Crippen LogP contribution in [0, 0.1) is 39.4 Å². The Bertz CT molecular complexity index is 917. The zero-order valence-corrected chi connectivity index (χ0v) is 22.8. The molecule has 1 aliphatic heterocycles. The highest BCUT2D eigenvalue weighted by Crippen LogP contribution is 2.72. The highest BCUT2D eigenvalue weighted by Gasteiger charge is 2.65. The van der Waals surface area contributed by atoms with Gasteiger partial charge in [0.25, 0.3) is 0 Å². The molecule has 0 spiro atoms. The average molecular weight is 473 g/mol. The minimum atomic E-state index is -0.441. The Balaban J connectivity index is 1.46. The molecule has 0 bridgehead atoms. The number of Topliss-reactive ketones (excluding diaryl/α,β-unsaturated/α-hetero) is 1. The maximum atomic E-state index is 12.8. The zero-order valence-electron chi connectivity index (χ0n) is 22.8. The van der Waals surface area contributed by atoms with Crippen molar-refractivity contribution in [3.05, 3.63) is 11.1 Å². The molecule has 5 rings (SSSR count). The van der Waals surface area contributed by atoms with Crippen LogP contribution >= 0.6 is 0 Å². The summed E-state index contributed by atoms with van der Waals surface area (Å²) in [5.41, 5.74) is 2.41. The number of ketones is 1. The summed E-state index contributed by atoms with van der Waals surface area (Å²) in [6, 6.07) is 0. The number of epoxide rings is 1. The second-order valence-electron chi connectivity index (χ2n) is 14.6. The van der Waals surface area contributed by atoms with Gasteiger partial charge >= 0.3 is 0 Å². The van der Waals surface area contributed by atoms with E-state index < -0.39 is 12.2 Å². The van der Waals surface area contributed by atoms with Gasteiger partial charge in [-0.25, -0.2) is 0 Å². The third-order valence-electron chi connectivity index (χ3n) is 12.3. The van der Waals surface area contributed by atoms with Crippen LogP contribution in [-0.4, -0.2) is 39.9 Å². The smallest absolute Gasteiger partial charge is 0.138 e. The summed E-state index contributed by atoms with van der Waals surface area (Å²) < 4.78 is 5.74. The average Bonchev–Trinajstić information content (AvgIpc) is 3.28. The third kappa shape index (κ3) is 3.16. The van der Waals surface area contributed by atoms with Crippen molar-refractivity contribution in [2.75, 3.05) is 0 Å². The maximum absolute atomic E-state index is 12.8. The molecule has 0 radical (unpaired) electrons. The van der Waals surface area contributed by atoms with Gasteiger partial charge in [-0.05, 0) is 98.4 Å². The Labute approximate surface area is 206 Å². The van der Waals surface area contributed by atoms with E-state index in [9.17, 15) is 15.0 Å². The molecule has 0 aromatic rings. The monoisotopic (exact) mass is 472 g/mol. The topological polar surface area (TPSA) is 70.1 Å². The highest BCUT2D eigenvalue weighted by atomic mass is 16.6. The first-order valence-electron chi connectivity index (χ1n) is 13.9. The summed E-state index contributed by atoms with van der Waals surface area (Å²) in [6.07, 6.45) is 6.67. The van der Waals surface area contributed by atoms with E-state index in [1.165, 1.54) is 11.1 Å². The predicted molar refractivity (Wildman–Crippen MR) is 134 cm³/mol. The largest absolute Gasteiger partial charge is 0.390 e. The molecule has 5 aliphatic rings. The van der Waals surface area contributed by atoms with E-state index >= 15 is 0 Å². The second kappa shape index (κ2) is 7.42. The van der Waals surface area contributed by atoms with Crippen LogP contribution in [-0.2, 0) is 9.53 Å². The van der Waals surface area contributed by atoms with Crippen LogP contribution < -0.4 is 0 Å². The fourth-order valence-corrected chi connectivity index (χ4v) is 9.91. The van der Waals surface area contributed by atoms with Gasteiger partial charge in [0.1, 0.15) is 11.9 Å². The van der Waals surface area contributed by atoms with Crippen molar-refractivity contribution in [1.29, 1.82) is 0 Å². The van der Waals surface area contributed by atoms with E-state index in [2.05, 4.69) is 55.4 Å². The van der Waals surface area contributed by atoms with E-state index in [0.717, 1.165) is 38.5 Å². The number of rotatable bonds is 4. The van der Waals surface area contributed by atoms with Crippen LogP contribution in [0.4, 0.5) is 0 Å². The molecule has 2 N–H and O–H groups in total. The Hall–Kier alpha value is -0.710. The Morgan fingerprint density at radius 2 is 1.68 bits per heavy atom. The van der Waals surface area contributed by atoms with Gasteiger partial charge in [-0.1, -0.05) is 47.1 Å². The number of hydrogen-bond acceptors (Lipinski definition) is 4. The standard InChI is InChI=1S/C30H48O4/c1-17(15-21(32)25-27(4,5)34-25)18-9-14-30(8)24-19(10-13-29(18,30)7)28(6)12-11-23(33)26(2,3)22(28)16-20(24)31/h17-18,20-22,25,31-32H,9-16H2,1-8H3/t17-,18-,20+,21+,22-,25-,28+,29-,30+/m0/s1. The van der Waals surface area contributed by atoms with Crippen molar-refractivity contribution in [2.24, 2.45) is 39.4 Å². The minimum Gasteiger partial charge on any atom is -0.390 e. The lowest BCUT2D eigenvalue weighted by atomic mass is 9.43. The van der Waals surface area contributed by atoms with Crippen LogP contribution in [0.25, 0.3) is 0 Å². The van der Waals surface area contributed by atoms with Gasteiger partial charge in [-0.3, -0.25) is 4.79 Å². The summed E-state index contributed by atoms with van der Waals surface area (Å²) in [6.45, 7) is 18.0. The van der Waals surface area contributed by atoms with Crippen LogP contribution in [0.3, 0.4) is 0 Å². The van der Waals surface area contributed by atoms with Gasteiger partial charge in [0, 0.05) is 11.8 Å². The molecule has 0 amide bonds. The number of allylic oxidation sites excluding steroid dienone is 1. The van der Waals surface area contributed by atoms with Gasteiger partial charge in [-0.15, -0.1) is 0 Å². The quantitative estimate of drug-likeness (QED) is 0.398. The highest BCUT2D eigenvalue weighted by molar-refractivity contribution is 5.85. The number of carbonyl (C=O) groups excluding carboxylic acids is 1. The van der Waals surface area contributed by atoms with Crippen LogP contribution in [0.15, 0.2) is 11.1 Å². The lowest BCUT2D eigenvalue weighted by molar-refractivity contribution is -0.141.